The van der Waals surface area contributed by atoms with E-state index < -0.39 is 12.2 Å². The summed E-state index contributed by atoms with van der Waals surface area (Å²) >= 11 is 0. The van der Waals surface area contributed by atoms with Crippen LogP contribution in [0.1, 0.15) is 18.0 Å². The molecule has 1 aliphatic heterocycles. The van der Waals surface area contributed by atoms with E-state index in [0.29, 0.717) is 13.0 Å². The minimum absolute atomic E-state index is 0.0998. The van der Waals surface area contributed by atoms with Gasteiger partial charge in [0.25, 0.3) is 0 Å². The zero-order valence-corrected chi connectivity index (χ0v) is 13.6. The smallest absolute Gasteiger partial charge is 0.249 e. The number of carbonyl (C=O) groups excluding carboxylic acids is 1. The third kappa shape index (κ3) is 3.67. The molecule has 2 aromatic rings. The molecule has 2 atom stereocenters. The number of likely N-dealkylation sites (tertiary alicyclic amines) is 1. The van der Waals surface area contributed by atoms with Gasteiger partial charge in [0, 0.05) is 12.2 Å². The van der Waals surface area contributed by atoms with Gasteiger partial charge in [-0.15, -0.1) is 0 Å². The van der Waals surface area contributed by atoms with Crippen LogP contribution in [-0.4, -0.2) is 37.2 Å². The van der Waals surface area contributed by atoms with E-state index in [4.69, 9.17) is 4.74 Å². The summed E-state index contributed by atoms with van der Waals surface area (Å²) < 4.78 is 18.6. The molecule has 1 heterocycles. The lowest BCUT2D eigenvalue weighted by molar-refractivity contribution is -0.131. The number of carbonyl (C=O) groups is 1. The fourth-order valence-electron chi connectivity index (χ4n) is 2.89. The highest BCUT2D eigenvalue weighted by Crippen LogP contribution is 2.25. The summed E-state index contributed by atoms with van der Waals surface area (Å²) in [4.78, 5) is 14.5. The van der Waals surface area contributed by atoms with Crippen molar-refractivity contribution < 1.29 is 13.9 Å². The number of rotatable bonds is 5. The van der Waals surface area contributed by atoms with Crippen molar-refractivity contribution in [2.45, 2.75) is 18.6 Å². The quantitative estimate of drug-likeness (QED) is 0.914. The Morgan fingerprint density at radius 2 is 1.92 bits per heavy atom. The van der Waals surface area contributed by atoms with Crippen LogP contribution >= 0.6 is 0 Å². The summed E-state index contributed by atoms with van der Waals surface area (Å²) in [5, 5.41) is 3.27. The predicted octanol–water partition coefficient (Wildman–Crippen LogP) is 3.42. The molecule has 5 heteroatoms. The van der Waals surface area contributed by atoms with Gasteiger partial charge in [-0.1, -0.05) is 30.3 Å². The first-order chi connectivity index (χ1) is 11.7. The predicted molar refractivity (Wildman–Crippen MR) is 91.9 cm³/mol. The molecule has 1 N–H and O–H groups in total. The normalized spacial score (nSPS) is 18.2. The van der Waals surface area contributed by atoms with Gasteiger partial charge >= 0.3 is 0 Å². The summed E-state index contributed by atoms with van der Waals surface area (Å²) in [6.45, 7) is 0.639. The van der Waals surface area contributed by atoms with Crippen molar-refractivity contribution in [2.75, 3.05) is 25.5 Å². The fraction of sp³-hybridized carbons (Fsp3) is 0.316. The van der Waals surface area contributed by atoms with E-state index in [9.17, 15) is 9.18 Å². The van der Waals surface area contributed by atoms with Gasteiger partial charge in [-0.3, -0.25) is 4.79 Å². The minimum Gasteiger partial charge on any atom is -0.497 e. The number of hydrogen-bond acceptors (Lipinski definition) is 3. The van der Waals surface area contributed by atoms with Gasteiger partial charge < -0.3 is 15.0 Å². The van der Waals surface area contributed by atoms with Crippen molar-refractivity contribution in [3.8, 4) is 5.75 Å². The van der Waals surface area contributed by atoms with Crippen LogP contribution in [0.2, 0.25) is 0 Å². The monoisotopic (exact) mass is 328 g/mol. The highest BCUT2D eigenvalue weighted by molar-refractivity contribution is 5.86. The summed E-state index contributed by atoms with van der Waals surface area (Å²) in [5.74, 6) is 0.653. The number of alkyl halides is 1. The van der Waals surface area contributed by atoms with Crippen LogP contribution in [0.25, 0.3) is 0 Å². The number of benzene rings is 2. The fourth-order valence-corrected chi connectivity index (χ4v) is 2.89. The van der Waals surface area contributed by atoms with E-state index in [1.165, 1.54) is 0 Å². The molecule has 0 saturated carbocycles. The molecule has 0 aromatic heterocycles. The van der Waals surface area contributed by atoms with Crippen LogP contribution in [0, 0.1) is 0 Å². The molecule has 1 saturated heterocycles. The van der Waals surface area contributed by atoms with Crippen LogP contribution in [0.15, 0.2) is 54.6 Å². The standard InChI is InChI=1S/C19H21FN2O2/c1-24-17-9-7-16(8-10-17)21-18(14-5-3-2-4-6-14)19(23)22-12-11-15(20)13-22/h2-10,15,18,21H,11-13H2,1H3/t15-,18?/m1/s1. The Labute approximate surface area is 141 Å². The van der Waals surface area contributed by atoms with Gasteiger partial charge in [-0.05, 0) is 36.2 Å². The van der Waals surface area contributed by atoms with Crippen LogP contribution in [0.5, 0.6) is 5.75 Å². The number of ether oxygens (including phenoxy) is 1. The average Bonchev–Trinajstić information content (AvgIpc) is 3.07. The lowest BCUT2D eigenvalue weighted by atomic mass is 10.1. The number of methoxy groups -OCH3 is 1. The first-order valence-electron chi connectivity index (χ1n) is 8.06. The molecule has 0 spiro atoms. The highest BCUT2D eigenvalue weighted by atomic mass is 19.1. The topological polar surface area (TPSA) is 41.6 Å². The molecule has 4 nitrogen and oxygen atoms in total. The van der Waals surface area contributed by atoms with Crippen LogP contribution in [0.3, 0.4) is 0 Å². The molecule has 1 unspecified atom stereocenters. The summed E-state index contributed by atoms with van der Waals surface area (Å²) in [5.41, 5.74) is 1.68. The number of anilines is 1. The molecule has 126 valence electrons. The second-order valence-electron chi connectivity index (χ2n) is 5.89. The Morgan fingerprint density at radius 1 is 1.21 bits per heavy atom. The van der Waals surface area contributed by atoms with E-state index in [-0.39, 0.29) is 12.5 Å². The largest absolute Gasteiger partial charge is 0.497 e. The maximum atomic E-state index is 13.5. The highest BCUT2D eigenvalue weighted by Gasteiger charge is 2.31. The molecule has 0 radical (unpaired) electrons. The molecule has 1 amide bonds. The van der Waals surface area contributed by atoms with E-state index in [1.54, 1.807) is 12.0 Å². The molecular weight excluding hydrogens is 307 g/mol. The summed E-state index contributed by atoms with van der Waals surface area (Å²) in [6, 6.07) is 16.4. The molecular formula is C19H21FN2O2. The van der Waals surface area contributed by atoms with Gasteiger partial charge in [-0.25, -0.2) is 4.39 Å². The zero-order valence-electron chi connectivity index (χ0n) is 13.6. The summed E-state index contributed by atoms with van der Waals surface area (Å²) in [6.07, 6.45) is -0.512. The van der Waals surface area contributed by atoms with E-state index in [2.05, 4.69) is 5.32 Å². The maximum absolute atomic E-state index is 13.5. The molecule has 0 bridgehead atoms. The maximum Gasteiger partial charge on any atom is 0.249 e. The Morgan fingerprint density at radius 3 is 2.50 bits per heavy atom. The Kier molecular flexibility index (Phi) is 4.99. The van der Waals surface area contributed by atoms with E-state index >= 15 is 0 Å². The average molecular weight is 328 g/mol. The first kappa shape index (κ1) is 16.3. The van der Waals surface area contributed by atoms with Gasteiger partial charge in [-0.2, -0.15) is 0 Å². The molecule has 3 rings (SSSR count). The zero-order chi connectivity index (χ0) is 16.9. The molecule has 1 aliphatic rings. The van der Waals surface area contributed by atoms with Gasteiger partial charge in [0.2, 0.25) is 5.91 Å². The second-order valence-corrected chi connectivity index (χ2v) is 5.89. The van der Waals surface area contributed by atoms with Crippen molar-refractivity contribution in [1.82, 2.24) is 4.90 Å². The van der Waals surface area contributed by atoms with Gasteiger partial charge in [0.1, 0.15) is 18.0 Å². The van der Waals surface area contributed by atoms with Crippen molar-refractivity contribution in [3.63, 3.8) is 0 Å². The van der Waals surface area contributed by atoms with E-state index in [0.717, 1.165) is 17.0 Å². The Bertz CT molecular complexity index is 676. The lowest BCUT2D eigenvalue weighted by Crippen LogP contribution is -2.36. The molecule has 0 aliphatic carbocycles. The van der Waals surface area contributed by atoms with Crippen LogP contribution in [-0.2, 0) is 4.79 Å². The Balaban J connectivity index is 1.83. The summed E-state index contributed by atoms with van der Waals surface area (Å²) in [7, 11) is 1.61. The Hall–Kier alpha value is -2.56. The molecule has 1 fully saturated rings. The van der Waals surface area contributed by atoms with Crippen LogP contribution < -0.4 is 10.1 Å². The van der Waals surface area contributed by atoms with Crippen molar-refractivity contribution in [3.05, 3.63) is 60.2 Å². The van der Waals surface area contributed by atoms with Gasteiger partial charge in [0.05, 0.1) is 13.7 Å². The molecule has 24 heavy (non-hydrogen) atoms. The number of hydrogen-bond donors (Lipinski definition) is 1. The number of nitrogens with one attached hydrogen (secondary N) is 1. The van der Waals surface area contributed by atoms with Crippen molar-refractivity contribution >= 4 is 11.6 Å². The van der Waals surface area contributed by atoms with Gasteiger partial charge in [0.15, 0.2) is 0 Å². The second kappa shape index (κ2) is 7.34. The van der Waals surface area contributed by atoms with Crippen LogP contribution in [0.4, 0.5) is 10.1 Å². The minimum atomic E-state index is -0.925. The lowest BCUT2D eigenvalue weighted by Gasteiger charge is -2.25. The third-order valence-corrected chi connectivity index (χ3v) is 4.22. The number of amides is 1. The van der Waals surface area contributed by atoms with Crippen molar-refractivity contribution in [2.24, 2.45) is 0 Å². The van der Waals surface area contributed by atoms with Crippen molar-refractivity contribution in [1.29, 1.82) is 0 Å². The SMILES string of the molecule is COc1ccc(NC(C(=O)N2CC[C@@H](F)C2)c2ccccc2)cc1. The number of halogens is 1. The van der Waals surface area contributed by atoms with E-state index in [1.807, 2.05) is 54.6 Å². The third-order valence-electron chi connectivity index (χ3n) is 4.22. The first-order valence-corrected chi connectivity index (χ1v) is 8.06. The molecule has 2 aromatic carbocycles. The number of nitrogens with zero attached hydrogens (tertiary/aromatic N) is 1.